The lowest BCUT2D eigenvalue weighted by atomic mass is 9.90. The van der Waals surface area contributed by atoms with E-state index in [0.29, 0.717) is 30.0 Å². The smallest absolute Gasteiger partial charge is 0.264 e. The van der Waals surface area contributed by atoms with Crippen molar-refractivity contribution in [1.29, 1.82) is 0 Å². The second kappa shape index (κ2) is 8.98. The van der Waals surface area contributed by atoms with Crippen LogP contribution in [0.4, 0.5) is 4.39 Å². The van der Waals surface area contributed by atoms with Crippen LogP contribution in [0.5, 0.6) is 0 Å². The van der Waals surface area contributed by atoms with Crippen molar-refractivity contribution in [2.45, 2.75) is 19.3 Å². The number of rotatable bonds is 4. The number of carbonyl (C=O) groups excluding carboxylic acids is 2. The van der Waals surface area contributed by atoms with E-state index in [4.69, 9.17) is 0 Å². The summed E-state index contributed by atoms with van der Waals surface area (Å²) >= 11 is 0. The van der Waals surface area contributed by atoms with E-state index in [-0.39, 0.29) is 22.9 Å². The van der Waals surface area contributed by atoms with E-state index in [1.165, 1.54) is 28.6 Å². The van der Waals surface area contributed by atoms with E-state index < -0.39 is 5.82 Å². The maximum atomic E-state index is 15.6. The molecule has 6 heteroatoms. The van der Waals surface area contributed by atoms with Gasteiger partial charge in [-0.15, -0.1) is 0 Å². The Morgan fingerprint density at radius 1 is 0.939 bits per heavy atom. The van der Waals surface area contributed by atoms with Gasteiger partial charge in [-0.3, -0.25) is 19.1 Å². The second-order valence-electron chi connectivity index (χ2n) is 8.52. The topological polar surface area (TPSA) is 55.2 Å². The number of aromatic nitrogens is 2. The highest BCUT2D eigenvalue weighted by Gasteiger charge is 2.27. The van der Waals surface area contributed by atoms with Crippen LogP contribution in [0.2, 0.25) is 0 Å². The normalized spacial score (nSPS) is 14.5. The van der Waals surface area contributed by atoms with Crippen LogP contribution < -0.4 is 0 Å². The first-order valence-corrected chi connectivity index (χ1v) is 11.2. The van der Waals surface area contributed by atoms with Crippen molar-refractivity contribution in [2.75, 3.05) is 13.1 Å². The number of fused-ring (bicyclic) bond motifs is 1. The standard InChI is InChI=1S/C27H24FN3O2/c28-24-23(27(33)30-14-10-20(11-15-30)17-19-5-2-1-3-6-19)9-8-21-12-16-31(25(21)24)26(32)22-7-4-13-29-18-22/h1-9,12-13,16,18,20H,10-11,14-15,17H2. The fourth-order valence-corrected chi connectivity index (χ4v) is 4.61. The van der Waals surface area contributed by atoms with Gasteiger partial charge < -0.3 is 4.90 Å². The lowest BCUT2D eigenvalue weighted by Gasteiger charge is -2.32. The van der Waals surface area contributed by atoms with Gasteiger partial charge in [-0.05, 0) is 55.0 Å². The van der Waals surface area contributed by atoms with Crippen LogP contribution >= 0.6 is 0 Å². The van der Waals surface area contributed by atoms with Gasteiger partial charge in [-0.1, -0.05) is 36.4 Å². The molecule has 0 spiro atoms. The van der Waals surface area contributed by atoms with Gasteiger partial charge in [0.1, 0.15) is 0 Å². The third-order valence-electron chi connectivity index (χ3n) is 6.42. The van der Waals surface area contributed by atoms with Crippen LogP contribution in [0.15, 0.2) is 79.3 Å². The molecule has 2 aromatic carbocycles. The SMILES string of the molecule is O=C(c1ccc2ccn(C(=O)c3cccnc3)c2c1F)N1CCC(Cc2ccccc2)CC1. The molecule has 1 aliphatic heterocycles. The summed E-state index contributed by atoms with van der Waals surface area (Å²) in [7, 11) is 0. The molecular weight excluding hydrogens is 417 g/mol. The van der Waals surface area contributed by atoms with Gasteiger partial charge in [-0.25, -0.2) is 4.39 Å². The molecule has 0 saturated carbocycles. The van der Waals surface area contributed by atoms with Gasteiger partial charge >= 0.3 is 0 Å². The molecule has 1 fully saturated rings. The highest BCUT2D eigenvalue weighted by Crippen LogP contribution is 2.27. The van der Waals surface area contributed by atoms with Crippen molar-refractivity contribution >= 4 is 22.7 Å². The summed E-state index contributed by atoms with van der Waals surface area (Å²) in [5, 5.41) is 0.572. The summed E-state index contributed by atoms with van der Waals surface area (Å²) in [6.45, 7) is 1.20. The molecule has 0 N–H and O–H groups in total. The highest BCUT2D eigenvalue weighted by atomic mass is 19.1. The minimum Gasteiger partial charge on any atom is -0.339 e. The Bertz CT molecular complexity index is 1290. The van der Waals surface area contributed by atoms with E-state index >= 15 is 4.39 Å². The number of halogens is 1. The monoisotopic (exact) mass is 441 g/mol. The third kappa shape index (κ3) is 4.16. The Balaban J connectivity index is 1.35. The first kappa shape index (κ1) is 21.1. The number of piperidine rings is 1. The van der Waals surface area contributed by atoms with Gasteiger partial charge in [0.2, 0.25) is 0 Å². The Morgan fingerprint density at radius 2 is 1.73 bits per heavy atom. The number of hydrogen-bond acceptors (Lipinski definition) is 3. The van der Waals surface area contributed by atoms with Gasteiger partial charge in [0.15, 0.2) is 5.82 Å². The van der Waals surface area contributed by atoms with Gasteiger partial charge in [-0.2, -0.15) is 0 Å². The predicted molar refractivity (Wildman–Crippen MR) is 125 cm³/mol. The number of pyridine rings is 1. The summed E-state index contributed by atoms with van der Waals surface area (Å²) in [5.41, 5.74) is 1.78. The van der Waals surface area contributed by atoms with Crippen molar-refractivity contribution in [2.24, 2.45) is 5.92 Å². The Kier molecular flexibility index (Phi) is 5.73. The zero-order valence-corrected chi connectivity index (χ0v) is 18.2. The minimum absolute atomic E-state index is 0.00273. The predicted octanol–water partition coefficient (Wildman–Crippen LogP) is 4.96. The molecule has 33 heavy (non-hydrogen) atoms. The first-order chi connectivity index (χ1) is 16.1. The quantitative estimate of drug-likeness (QED) is 0.450. The van der Waals surface area contributed by atoms with E-state index in [1.54, 1.807) is 35.4 Å². The van der Waals surface area contributed by atoms with Crippen LogP contribution in [0.25, 0.3) is 10.9 Å². The van der Waals surface area contributed by atoms with Crippen LogP contribution in [0, 0.1) is 11.7 Å². The summed E-state index contributed by atoms with van der Waals surface area (Å²) in [6, 6.07) is 18.5. The molecule has 0 radical (unpaired) electrons. The summed E-state index contributed by atoms with van der Waals surface area (Å²) < 4.78 is 16.8. The molecule has 0 unspecified atom stereocenters. The molecule has 0 bridgehead atoms. The number of likely N-dealkylation sites (tertiary alicyclic amines) is 1. The van der Waals surface area contributed by atoms with Crippen molar-refractivity contribution in [1.82, 2.24) is 14.5 Å². The average Bonchev–Trinajstić information content (AvgIpc) is 3.30. The van der Waals surface area contributed by atoms with Crippen LogP contribution in [-0.2, 0) is 6.42 Å². The molecule has 166 valence electrons. The second-order valence-corrected chi connectivity index (χ2v) is 8.52. The largest absolute Gasteiger partial charge is 0.339 e. The highest BCUT2D eigenvalue weighted by molar-refractivity contribution is 6.04. The number of nitrogens with zero attached hydrogens (tertiary/aromatic N) is 3. The number of carbonyl (C=O) groups is 2. The van der Waals surface area contributed by atoms with Gasteiger partial charge in [0.05, 0.1) is 16.6 Å². The lowest BCUT2D eigenvalue weighted by Crippen LogP contribution is -2.39. The molecule has 1 aliphatic rings. The van der Waals surface area contributed by atoms with Crippen LogP contribution in [0.3, 0.4) is 0 Å². The number of hydrogen-bond donors (Lipinski definition) is 0. The maximum Gasteiger partial charge on any atom is 0.264 e. The Morgan fingerprint density at radius 3 is 2.45 bits per heavy atom. The Hall–Kier alpha value is -3.80. The summed E-state index contributed by atoms with van der Waals surface area (Å²) in [6.07, 6.45) is 7.33. The van der Waals surface area contributed by atoms with Gasteiger partial charge in [0, 0.05) is 37.1 Å². The summed E-state index contributed by atoms with van der Waals surface area (Å²) in [5.74, 6) is -0.860. The van der Waals surface area contributed by atoms with Gasteiger partial charge in [0.25, 0.3) is 11.8 Å². The molecule has 1 saturated heterocycles. The molecule has 1 amide bonds. The molecule has 3 heterocycles. The molecule has 0 aliphatic carbocycles. The maximum absolute atomic E-state index is 15.6. The molecule has 2 aromatic heterocycles. The number of amides is 1. The third-order valence-corrected chi connectivity index (χ3v) is 6.42. The minimum atomic E-state index is -0.661. The molecule has 5 nitrogen and oxygen atoms in total. The molecular formula is C27H24FN3O2. The summed E-state index contributed by atoms with van der Waals surface area (Å²) in [4.78, 5) is 31.8. The first-order valence-electron chi connectivity index (χ1n) is 11.2. The average molecular weight is 442 g/mol. The van der Waals surface area contributed by atoms with Crippen LogP contribution in [-0.4, -0.2) is 39.4 Å². The number of benzene rings is 2. The molecule has 0 atom stereocenters. The zero-order chi connectivity index (χ0) is 22.8. The fourth-order valence-electron chi connectivity index (χ4n) is 4.61. The van der Waals surface area contributed by atoms with E-state index in [0.717, 1.165) is 19.3 Å². The Labute approximate surface area is 191 Å². The molecule has 4 aromatic rings. The van der Waals surface area contributed by atoms with Crippen molar-refractivity contribution in [3.05, 3.63) is 102 Å². The van der Waals surface area contributed by atoms with E-state index in [1.807, 2.05) is 18.2 Å². The molecule has 5 rings (SSSR count). The van der Waals surface area contributed by atoms with E-state index in [2.05, 4.69) is 17.1 Å². The van der Waals surface area contributed by atoms with Crippen LogP contribution in [0.1, 0.15) is 39.1 Å². The van der Waals surface area contributed by atoms with Crippen molar-refractivity contribution < 1.29 is 14.0 Å². The van der Waals surface area contributed by atoms with E-state index in [9.17, 15) is 9.59 Å². The fraction of sp³-hybridized carbons (Fsp3) is 0.222. The van der Waals surface area contributed by atoms with Crippen molar-refractivity contribution in [3.63, 3.8) is 0 Å². The lowest BCUT2D eigenvalue weighted by molar-refractivity contribution is 0.0685. The van der Waals surface area contributed by atoms with Crippen molar-refractivity contribution in [3.8, 4) is 0 Å². The zero-order valence-electron chi connectivity index (χ0n) is 18.2.